The number of hydrogen-bond acceptors (Lipinski definition) is 5. The van der Waals surface area contributed by atoms with Crippen LogP contribution in [-0.4, -0.2) is 22.3 Å². The average molecular weight is 231 g/mol. The Hall–Kier alpha value is -1.67. The van der Waals surface area contributed by atoms with E-state index in [-0.39, 0.29) is 12.1 Å². The summed E-state index contributed by atoms with van der Waals surface area (Å²) in [5.74, 6) is 0.583. The van der Waals surface area contributed by atoms with Crippen LogP contribution in [0.3, 0.4) is 0 Å². The van der Waals surface area contributed by atoms with Gasteiger partial charge in [-0.3, -0.25) is 0 Å². The molecule has 1 saturated carbocycles. The van der Waals surface area contributed by atoms with Crippen molar-refractivity contribution < 1.29 is 0 Å². The minimum atomic E-state index is 0.180. The molecule has 1 aromatic heterocycles. The van der Waals surface area contributed by atoms with Crippen molar-refractivity contribution in [1.82, 2.24) is 10.2 Å². The van der Waals surface area contributed by atoms with Gasteiger partial charge in [0.2, 0.25) is 0 Å². The Morgan fingerprint density at radius 1 is 1.41 bits per heavy atom. The molecule has 3 N–H and O–H groups in total. The lowest BCUT2D eigenvalue weighted by Gasteiger charge is -2.11. The van der Waals surface area contributed by atoms with Gasteiger partial charge in [-0.25, -0.2) is 0 Å². The molecule has 5 heteroatoms. The van der Waals surface area contributed by atoms with Crippen LogP contribution in [-0.2, 0) is 12.8 Å². The van der Waals surface area contributed by atoms with Gasteiger partial charge >= 0.3 is 0 Å². The lowest BCUT2D eigenvalue weighted by Crippen LogP contribution is -2.16. The maximum atomic E-state index is 9.26. The largest absolute Gasteiger partial charge is 0.363 e. The van der Waals surface area contributed by atoms with Crippen molar-refractivity contribution in [3.05, 3.63) is 16.8 Å². The van der Waals surface area contributed by atoms with Gasteiger partial charge in [0.25, 0.3) is 0 Å². The summed E-state index contributed by atoms with van der Waals surface area (Å²) in [4.78, 5) is 0. The van der Waals surface area contributed by atoms with E-state index in [1.165, 1.54) is 0 Å². The van der Waals surface area contributed by atoms with Gasteiger partial charge in [-0.15, -0.1) is 5.10 Å². The van der Waals surface area contributed by atoms with Crippen molar-refractivity contribution in [3.63, 3.8) is 0 Å². The van der Waals surface area contributed by atoms with E-state index in [1.54, 1.807) is 0 Å². The fraction of sp³-hybridized carbons (Fsp3) is 0.583. The number of anilines is 1. The second-order valence-corrected chi connectivity index (χ2v) is 4.32. The molecule has 2 unspecified atom stereocenters. The van der Waals surface area contributed by atoms with Gasteiger partial charge in [-0.1, -0.05) is 13.8 Å². The number of aromatic nitrogens is 2. The van der Waals surface area contributed by atoms with Gasteiger partial charge < -0.3 is 11.1 Å². The fourth-order valence-electron chi connectivity index (χ4n) is 1.95. The highest BCUT2D eigenvalue weighted by Gasteiger charge is 2.34. The fourth-order valence-corrected chi connectivity index (χ4v) is 1.95. The third-order valence-electron chi connectivity index (χ3n) is 3.12. The Balaban J connectivity index is 2.35. The zero-order valence-electron chi connectivity index (χ0n) is 10.2. The third-order valence-corrected chi connectivity index (χ3v) is 3.12. The van der Waals surface area contributed by atoms with Gasteiger partial charge in [0.1, 0.15) is 11.6 Å². The lowest BCUT2D eigenvalue weighted by atomic mass is 10.0. The first kappa shape index (κ1) is 11.8. The van der Waals surface area contributed by atoms with Crippen molar-refractivity contribution in [1.29, 1.82) is 5.26 Å². The van der Waals surface area contributed by atoms with Crippen molar-refractivity contribution in [2.24, 2.45) is 5.73 Å². The van der Waals surface area contributed by atoms with E-state index < -0.39 is 0 Å². The zero-order valence-corrected chi connectivity index (χ0v) is 10.2. The van der Waals surface area contributed by atoms with E-state index >= 15 is 0 Å². The average Bonchev–Trinajstić information content (AvgIpc) is 3.04. The van der Waals surface area contributed by atoms with Crippen LogP contribution in [0.2, 0.25) is 0 Å². The van der Waals surface area contributed by atoms with Crippen LogP contribution >= 0.6 is 0 Å². The number of hydrogen-bond donors (Lipinski definition) is 2. The lowest BCUT2D eigenvalue weighted by molar-refractivity contribution is 0.865. The molecule has 1 aliphatic carbocycles. The van der Waals surface area contributed by atoms with Crippen LogP contribution < -0.4 is 11.1 Å². The SMILES string of the molecule is CCc1nnc(NC2CC2N)c(C#N)c1CC. The molecular formula is C12H17N5. The van der Waals surface area contributed by atoms with Gasteiger partial charge in [0.05, 0.1) is 5.69 Å². The molecule has 0 aliphatic heterocycles. The second kappa shape index (κ2) is 4.68. The summed E-state index contributed by atoms with van der Waals surface area (Å²) in [6.07, 6.45) is 2.53. The number of nitrogens with two attached hydrogens (primary N) is 1. The summed E-state index contributed by atoms with van der Waals surface area (Å²) >= 11 is 0. The van der Waals surface area contributed by atoms with E-state index in [4.69, 9.17) is 5.73 Å². The number of aryl methyl sites for hydroxylation is 1. The van der Waals surface area contributed by atoms with Crippen LogP contribution in [0.4, 0.5) is 5.82 Å². The summed E-state index contributed by atoms with van der Waals surface area (Å²) in [5, 5.41) is 20.7. The Morgan fingerprint density at radius 2 is 2.12 bits per heavy atom. The first-order valence-electron chi connectivity index (χ1n) is 6.01. The standard InChI is InChI=1S/C12H17N5/c1-3-7-8(6-13)12(15-11-5-9(11)14)17-16-10(7)4-2/h9,11H,3-5,14H2,1-2H3,(H,15,17). The highest BCUT2D eigenvalue weighted by atomic mass is 15.2. The molecule has 0 saturated heterocycles. The predicted molar refractivity (Wildman–Crippen MR) is 65.5 cm³/mol. The molecule has 17 heavy (non-hydrogen) atoms. The van der Waals surface area contributed by atoms with Crippen LogP contribution in [0, 0.1) is 11.3 Å². The molecule has 0 aromatic carbocycles. The first-order valence-corrected chi connectivity index (χ1v) is 6.01. The van der Waals surface area contributed by atoms with E-state index in [1.807, 2.05) is 13.8 Å². The second-order valence-electron chi connectivity index (χ2n) is 4.32. The quantitative estimate of drug-likeness (QED) is 0.806. The molecule has 5 nitrogen and oxygen atoms in total. The molecule has 0 spiro atoms. The van der Waals surface area contributed by atoms with Crippen LogP contribution in [0.25, 0.3) is 0 Å². The van der Waals surface area contributed by atoms with Gasteiger partial charge in [0, 0.05) is 12.1 Å². The van der Waals surface area contributed by atoms with Crippen molar-refractivity contribution >= 4 is 5.82 Å². The molecule has 1 fully saturated rings. The summed E-state index contributed by atoms with van der Waals surface area (Å²) < 4.78 is 0. The number of nitrogens with zero attached hydrogens (tertiary/aromatic N) is 3. The molecule has 1 aliphatic rings. The Bertz CT molecular complexity index is 463. The van der Waals surface area contributed by atoms with Crippen molar-refractivity contribution in [2.75, 3.05) is 5.32 Å². The maximum absolute atomic E-state index is 9.26. The minimum absolute atomic E-state index is 0.180. The Morgan fingerprint density at radius 3 is 2.59 bits per heavy atom. The number of nitriles is 1. The highest BCUT2D eigenvalue weighted by molar-refractivity contribution is 5.57. The minimum Gasteiger partial charge on any atom is -0.363 e. The van der Waals surface area contributed by atoms with Crippen molar-refractivity contribution in [3.8, 4) is 6.07 Å². The zero-order chi connectivity index (χ0) is 12.4. The van der Waals surface area contributed by atoms with Gasteiger partial charge in [0.15, 0.2) is 5.82 Å². The summed E-state index contributed by atoms with van der Waals surface area (Å²) in [5.41, 5.74) is 8.28. The number of nitrogens with one attached hydrogen (secondary N) is 1. The van der Waals surface area contributed by atoms with E-state index in [0.29, 0.717) is 11.4 Å². The predicted octanol–water partition coefficient (Wildman–Crippen LogP) is 0.985. The number of rotatable bonds is 4. The monoisotopic (exact) mass is 231 g/mol. The van der Waals surface area contributed by atoms with Gasteiger partial charge in [-0.2, -0.15) is 10.4 Å². The summed E-state index contributed by atoms with van der Waals surface area (Å²) in [6, 6.07) is 2.66. The molecule has 2 atom stereocenters. The molecule has 90 valence electrons. The van der Waals surface area contributed by atoms with Crippen LogP contribution in [0.5, 0.6) is 0 Å². The van der Waals surface area contributed by atoms with Crippen LogP contribution in [0.1, 0.15) is 37.1 Å². The summed E-state index contributed by atoms with van der Waals surface area (Å²) in [6.45, 7) is 4.05. The molecule has 0 radical (unpaired) electrons. The van der Waals surface area contributed by atoms with Crippen molar-refractivity contribution in [2.45, 2.75) is 45.2 Å². The molecular weight excluding hydrogens is 214 g/mol. The third kappa shape index (κ3) is 2.22. The van der Waals surface area contributed by atoms with E-state index in [0.717, 1.165) is 30.5 Å². The maximum Gasteiger partial charge on any atom is 0.167 e. The topological polar surface area (TPSA) is 87.6 Å². The first-order chi connectivity index (χ1) is 8.21. The Labute approximate surface area is 101 Å². The molecule has 0 amide bonds. The van der Waals surface area contributed by atoms with Crippen LogP contribution in [0.15, 0.2) is 0 Å². The molecule has 1 heterocycles. The molecule has 0 bridgehead atoms. The Kier molecular flexibility index (Phi) is 3.25. The normalized spacial score (nSPS) is 22.0. The highest BCUT2D eigenvalue weighted by Crippen LogP contribution is 2.26. The molecule has 1 aromatic rings. The summed E-state index contributed by atoms with van der Waals surface area (Å²) in [7, 11) is 0. The van der Waals surface area contributed by atoms with Gasteiger partial charge in [-0.05, 0) is 24.8 Å². The molecule has 2 rings (SSSR count). The van der Waals surface area contributed by atoms with E-state index in [2.05, 4.69) is 21.6 Å². The van der Waals surface area contributed by atoms with E-state index in [9.17, 15) is 5.26 Å². The smallest absolute Gasteiger partial charge is 0.167 e.